The van der Waals surface area contributed by atoms with Crippen molar-refractivity contribution in [3.8, 4) is 0 Å². The summed E-state index contributed by atoms with van der Waals surface area (Å²) in [7, 11) is 1.55. The van der Waals surface area contributed by atoms with E-state index in [1.54, 1.807) is 19.3 Å². The van der Waals surface area contributed by atoms with Crippen LogP contribution in [-0.4, -0.2) is 36.5 Å². The maximum atomic E-state index is 14.0. The molecule has 5 rings (SSSR count). The third-order valence-electron chi connectivity index (χ3n) is 9.27. The van der Waals surface area contributed by atoms with Crippen LogP contribution in [0.5, 0.6) is 0 Å². The molecule has 2 bridgehead atoms. The zero-order valence-corrected chi connectivity index (χ0v) is 25.8. The van der Waals surface area contributed by atoms with Gasteiger partial charge < -0.3 is 19.5 Å². The Balaban J connectivity index is 1.52. The fourth-order valence-electron chi connectivity index (χ4n) is 6.69. The number of hydrogen-bond donors (Lipinski definition) is 1. The molecular weight excluding hydrogens is 538 g/mol. The molecule has 1 N–H and O–H groups in total. The van der Waals surface area contributed by atoms with Crippen LogP contribution in [0.3, 0.4) is 0 Å². The van der Waals surface area contributed by atoms with Crippen molar-refractivity contribution in [3.05, 3.63) is 113 Å². The maximum Gasteiger partial charge on any atom is 0.331 e. The summed E-state index contributed by atoms with van der Waals surface area (Å²) >= 11 is 0. The molecule has 6 nitrogen and oxygen atoms in total. The van der Waals surface area contributed by atoms with Crippen LogP contribution in [0.1, 0.15) is 51.7 Å². The normalized spacial score (nSPS) is 31.3. The van der Waals surface area contributed by atoms with Gasteiger partial charge in [0.2, 0.25) is 5.79 Å². The molecule has 6 atom stereocenters. The van der Waals surface area contributed by atoms with Crippen molar-refractivity contribution in [1.29, 1.82) is 0 Å². The van der Waals surface area contributed by atoms with Crippen LogP contribution in [0, 0.1) is 23.7 Å². The molecule has 0 saturated heterocycles. The Bertz CT molecular complexity index is 1430. The summed E-state index contributed by atoms with van der Waals surface area (Å²) in [5.74, 6) is -1.36. The largest absolute Gasteiger partial charge is 0.456 e. The number of nitrogens with one attached hydrogen (secondary N) is 1. The molecule has 0 saturated carbocycles. The van der Waals surface area contributed by atoms with Gasteiger partial charge in [0, 0.05) is 19.7 Å². The van der Waals surface area contributed by atoms with Gasteiger partial charge in [0.15, 0.2) is 0 Å². The molecule has 0 aromatic heterocycles. The second-order valence-corrected chi connectivity index (χ2v) is 12.4. The minimum absolute atomic E-state index is 0.0236. The topological polar surface area (TPSA) is 73.9 Å². The van der Waals surface area contributed by atoms with Gasteiger partial charge in [-0.1, -0.05) is 92.2 Å². The summed E-state index contributed by atoms with van der Waals surface area (Å²) in [6.45, 7) is 8.89. The van der Waals surface area contributed by atoms with Crippen LogP contribution in [0.4, 0.5) is 0 Å². The minimum Gasteiger partial charge on any atom is -0.456 e. The number of esters is 1. The van der Waals surface area contributed by atoms with E-state index in [2.05, 4.69) is 38.2 Å². The van der Waals surface area contributed by atoms with Gasteiger partial charge in [-0.15, -0.1) is 0 Å². The molecule has 3 aliphatic rings. The summed E-state index contributed by atoms with van der Waals surface area (Å²) in [6, 6.07) is 19.5. The standard InChI is InChI=1S/C37H43NO5/c1-25(2)29-18-16-26(3)30-23-33(42-34(39)19-17-27-12-8-6-9-13-27)36(4)20-21-37(41-5,43-36)32(22-31(29)30)35(40)38-24-28-14-10-7-11-15-28/h6-17,19-22,25,29-31,33H,18,23-24H2,1-5H3,(H,38,40)/b19-17+,32-22-/t29-,30+,31-,33+,36+,37-/m1/s1. The number of carbonyl (C=O) groups excluding carboxylic acids is 2. The molecule has 0 unspecified atom stereocenters. The highest BCUT2D eigenvalue weighted by Gasteiger charge is 2.54. The first-order valence-electron chi connectivity index (χ1n) is 15.2. The van der Waals surface area contributed by atoms with E-state index in [4.69, 9.17) is 14.2 Å². The monoisotopic (exact) mass is 581 g/mol. The highest BCUT2D eigenvalue weighted by Crippen LogP contribution is 2.49. The number of fused-ring (bicyclic) bond motifs is 3. The second kappa shape index (κ2) is 12.9. The number of carbonyl (C=O) groups is 2. The minimum atomic E-state index is -1.43. The average Bonchev–Trinajstić information content (AvgIpc) is 3.39. The molecular formula is C37H43NO5. The lowest BCUT2D eigenvalue weighted by Crippen LogP contribution is -2.48. The number of allylic oxidation sites excluding steroid dienone is 3. The zero-order valence-electron chi connectivity index (χ0n) is 25.8. The number of hydrogen-bond acceptors (Lipinski definition) is 5. The highest BCUT2D eigenvalue weighted by molar-refractivity contribution is 5.96. The van der Waals surface area contributed by atoms with Crippen molar-refractivity contribution < 1.29 is 23.8 Å². The Kier molecular flexibility index (Phi) is 9.19. The van der Waals surface area contributed by atoms with Gasteiger partial charge in [-0.25, -0.2) is 4.79 Å². The molecule has 1 aliphatic carbocycles. The lowest BCUT2D eigenvalue weighted by Gasteiger charge is -2.41. The Morgan fingerprint density at radius 3 is 2.44 bits per heavy atom. The lowest BCUT2D eigenvalue weighted by molar-refractivity contribution is -0.225. The molecule has 2 aromatic carbocycles. The first kappa shape index (κ1) is 30.7. The Morgan fingerprint density at radius 1 is 1.07 bits per heavy atom. The summed E-state index contributed by atoms with van der Waals surface area (Å²) < 4.78 is 19.0. The van der Waals surface area contributed by atoms with E-state index in [0.29, 0.717) is 30.4 Å². The van der Waals surface area contributed by atoms with Gasteiger partial charge in [-0.05, 0) is 79.7 Å². The molecule has 1 amide bonds. The summed E-state index contributed by atoms with van der Waals surface area (Å²) in [4.78, 5) is 27.3. The van der Waals surface area contributed by atoms with Crippen molar-refractivity contribution in [2.24, 2.45) is 23.7 Å². The quantitative estimate of drug-likeness (QED) is 0.211. The van der Waals surface area contributed by atoms with E-state index >= 15 is 0 Å². The number of amides is 1. The Morgan fingerprint density at radius 2 is 1.77 bits per heavy atom. The van der Waals surface area contributed by atoms with Gasteiger partial charge in [-0.3, -0.25) is 4.79 Å². The third-order valence-corrected chi connectivity index (χ3v) is 9.27. The van der Waals surface area contributed by atoms with Gasteiger partial charge in [-0.2, -0.15) is 0 Å². The van der Waals surface area contributed by atoms with Crippen LogP contribution in [0.15, 0.2) is 102 Å². The predicted molar refractivity (Wildman–Crippen MR) is 168 cm³/mol. The SMILES string of the molecule is CO[C@]12C=C[C@](C)(O1)[C@@H](OC(=O)/C=C/c1ccccc1)C[C@H]1C(C)=CC[C@H](C(C)C)[C@H]1/C=C\2C(=O)NCc1ccccc1. The Hall–Kier alpha value is -3.74. The molecule has 43 heavy (non-hydrogen) atoms. The van der Waals surface area contributed by atoms with Crippen molar-refractivity contribution in [3.63, 3.8) is 0 Å². The first-order valence-corrected chi connectivity index (χ1v) is 15.2. The predicted octanol–water partition coefficient (Wildman–Crippen LogP) is 6.80. The molecule has 2 aliphatic heterocycles. The van der Waals surface area contributed by atoms with Crippen molar-refractivity contribution >= 4 is 18.0 Å². The van der Waals surface area contributed by atoms with Gasteiger partial charge in [0.1, 0.15) is 11.7 Å². The molecule has 2 aromatic rings. The average molecular weight is 582 g/mol. The number of methoxy groups -OCH3 is 1. The molecule has 6 heteroatoms. The van der Waals surface area contributed by atoms with E-state index in [1.165, 1.54) is 11.6 Å². The lowest BCUT2D eigenvalue weighted by atomic mass is 9.65. The summed E-state index contributed by atoms with van der Waals surface area (Å²) in [5.41, 5.74) is 2.56. The van der Waals surface area contributed by atoms with Crippen LogP contribution in [0.25, 0.3) is 6.08 Å². The summed E-state index contributed by atoms with van der Waals surface area (Å²) in [5, 5.41) is 3.11. The highest BCUT2D eigenvalue weighted by atomic mass is 16.7. The van der Waals surface area contributed by atoms with Crippen molar-refractivity contribution in [2.45, 2.75) is 64.6 Å². The fraction of sp³-hybridized carbons (Fsp3) is 0.405. The summed E-state index contributed by atoms with van der Waals surface area (Å²) in [6.07, 6.45) is 12.2. The first-order chi connectivity index (χ1) is 20.6. The third kappa shape index (κ3) is 6.61. The van der Waals surface area contributed by atoms with E-state index in [-0.39, 0.29) is 17.7 Å². The van der Waals surface area contributed by atoms with E-state index in [0.717, 1.165) is 17.5 Å². The number of rotatable bonds is 8. The fourth-order valence-corrected chi connectivity index (χ4v) is 6.69. The molecule has 2 heterocycles. The van der Waals surface area contributed by atoms with Crippen LogP contribution in [-0.2, 0) is 30.3 Å². The maximum absolute atomic E-state index is 14.0. The van der Waals surface area contributed by atoms with Gasteiger partial charge >= 0.3 is 5.97 Å². The molecule has 0 spiro atoms. The Labute approximate surface area is 255 Å². The van der Waals surface area contributed by atoms with Crippen molar-refractivity contribution in [1.82, 2.24) is 5.32 Å². The number of ether oxygens (including phenoxy) is 3. The van der Waals surface area contributed by atoms with Crippen LogP contribution in [0.2, 0.25) is 0 Å². The smallest absolute Gasteiger partial charge is 0.331 e. The zero-order chi connectivity index (χ0) is 30.6. The van der Waals surface area contributed by atoms with E-state index in [1.807, 2.05) is 73.7 Å². The molecule has 0 radical (unpaired) electrons. The molecule has 0 fully saturated rings. The second-order valence-electron chi connectivity index (χ2n) is 12.4. The van der Waals surface area contributed by atoms with Gasteiger partial charge in [0.25, 0.3) is 5.91 Å². The van der Waals surface area contributed by atoms with Crippen LogP contribution >= 0.6 is 0 Å². The molecule has 226 valence electrons. The van der Waals surface area contributed by atoms with Crippen molar-refractivity contribution in [2.75, 3.05) is 7.11 Å². The van der Waals surface area contributed by atoms with Gasteiger partial charge in [0.05, 0.1) is 5.57 Å². The van der Waals surface area contributed by atoms with Crippen LogP contribution < -0.4 is 5.32 Å². The van der Waals surface area contributed by atoms with E-state index in [9.17, 15) is 9.59 Å². The number of benzene rings is 2. The van der Waals surface area contributed by atoms with E-state index < -0.39 is 23.5 Å².